The Kier molecular flexibility index (Phi) is 4.58. The van der Waals surface area contributed by atoms with Crippen LogP contribution in [0.1, 0.15) is 11.1 Å². The fourth-order valence-electron chi connectivity index (χ4n) is 3.82. The van der Waals surface area contributed by atoms with Crippen molar-refractivity contribution >= 4 is 21.6 Å². The zero-order valence-electron chi connectivity index (χ0n) is 13.9. The summed E-state index contributed by atoms with van der Waals surface area (Å²) in [6, 6.07) is 17.6. The fraction of sp³-hybridized carbons (Fsp3) is 0.368. The van der Waals surface area contributed by atoms with Gasteiger partial charge in [-0.05, 0) is 23.3 Å². The summed E-state index contributed by atoms with van der Waals surface area (Å²) >= 11 is 5.93. The van der Waals surface area contributed by atoms with E-state index in [2.05, 4.69) is 4.90 Å². The third-order valence-electron chi connectivity index (χ3n) is 5.20. The number of benzene rings is 2. The van der Waals surface area contributed by atoms with Crippen molar-refractivity contribution in [2.75, 3.05) is 19.6 Å². The van der Waals surface area contributed by atoms with E-state index in [9.17, 15) is 8.42 Å². The third-order valence-corrected chi connectivity index (χ3v) is 7.23. The van der Waals surface area contributed by atoms with Crippen molar-refractivity contribution in [1.82, 2.24) is 9.21 Å². The maximum atomic E-state index is 12.7. The first-order chi connectivity index (χ1) is 12.0. The summed E-state index contributed by atoms with van der Waals surface area (Å²) in [6.45, 7) is 3.07. The van der Waals surface area contributed by atoms with Crippen molar-refractivity contribution < 1.29 is 8.42 Å². The molecule has 4 rings (SSSR count). The van der Waals surface area contributed by atoms with E-state index in [0.717, 1.165) is 23.7 Å². The van der Waals surface area contributed by atoms with Crippen molar-refractivity contribution in [3.05, 3.63) is 70.7 Å². The highest BCUT2D eigenvalue weighted by atomic mass is 35.5. The molecule has 0 aromatic heterocycles. The molecule has 0 N–H and O–H groups in total. The highest BCUT2D eigenvalue weighted by Gasteiger charge is 2.48. The Bertz CT molecular complexity index is 839. The van der Waals surface area contributed by atoms with Crippen LogP contribution in [0.15, 0.2) is 54.6 Å². The van der Waals surface area contributed by atoms with Crippen LogP contribution in [0.4, 0.5) is 0 Å². The summed E-state index contributed by atoms with van der Waals surface area (Å²) in [5.41, 5.74) is 2.06. The number of likely N-dealkylation sites (tertiary alicyclic amines) is 1. The topological polar surface area (TPSA) is 40.6 Å². The third kappa shape index (κ3) is 3.60. The molecule has 0 amide bonds. The van der Waals surface area contributed by atoms with Gasteiger partial charge in [-0.2, -0.15) is 4.31 Å². The molecule has 0 radical (unpaired) electrons. The molecule has 2 aromatic carbocycles. The zero-order chi connectivity index (χ0) is 17.4. The van der Waals surface area contributed by atoms with Crippen LogP contribution < -0.4 is 0 Å². The summed E-state index contributed by atoms with van der Waals surface area (Å²) in [7, 11) is -3.25. The molecule has 4 nitrogen and oxygen atoms in total. The van der Waals surface area contributed by atoms with Crippen molar-refractivity contribution in [3.8, 4) is 0 Å². The van der Waals surface area contributed by atoms with E-state index in [-0.39, 0.29) is 5.75 Å². The molecule has 0 saturated carbocycles. The van der Waals surface area contributed by atoms with E-state index in [1.165, 1.54) is 5.56 Å². The number of rotatable bonds is 5. The molecule has 2 atom stereocenters. The second-order valence-electron chi connectivity index (χ2n) is 6.94. The molecule has 132 valence electrons. The van der Waals surface area contributed by atoms with E-state index in [4.69, 9.17) is 11.6 Å². The minimum absolute atomic E-state index is 0.0878. The standard InChI is InChI=1S/C19H21ClN2O2S/c20-18-8-6-15(7-9-18)10-21-11-17-12-22(13-19(17)21)25(23,24)14-16-4-2-1-3-5-16/h1-9,17,19H,10-14H2/t17-,19-/m1/s1. The van der Waals surface area contributed by atoms with Crippen LogP contribution in [0.5, 0.6) is 0 Å². The minimum Gasteiger partial charge on any atom is -0.294 e. The second-order valence-corrected chi connectivity index (χ2v) is 9.35. The Morgan fingerprint density at radius 2 is 1.64 bits per heavy atom. The van der Waals surface area contributed by atoms with Crippen LogP contribution in [0, 0.1) is 5.92 Å². The summed E-state index contributed by atoms with van der Waals surface area (Å²) in [5, 5.41) is 0.740. The lowest BCUT2D eigenvalue weighted by Crippen LogP contribution is -2.54. The number of hydrogen-bond acceptors (Lipinski definition) is 3. The van der Waals surface area contributed by atoms with Crippen LogP contribution >= 0.6 is 11.6 Å². The van der Waals surface area contributed by atoms with Gasteiger partial charge in [0.15, 0.2) is 0 Å². The molecular weight excluding hydrogens is 356 g/mol. The largest absolute Gasteiger partial charge is 0.294 e. The first-order valence-corrected chi connectivity index (χ1v) is 10.5. The van der Waals surface area contributed by atoms with Crippen LogP contribution in [0.3, 0.4) is 0 Å². The van der Waals surface area contributed by atoms with Gasteiger partial charge in [0.05, 0.1) is 5.75 Å². The van der Waals surface area contributed by atoms with Gasteiger partial charge < -0.3 is 0 Å². The Morgan fingerprint density at radius 1 is 0.920 bits per heavy atom. The van der Waals surface area contributed by atoms with Gasteiger partial charge in [0, 0.05) is 43.2 Å². The van der Waals surface area contributed by atoms with E-state index < -0.39 is 10.0 Å². The van der Waals surface area contributed by atoms with Gasteiger partial charge in [-0.25, -0.2) is 8.42 Å². The molecular formula is C19H21ClN2O2S. The quantitative estimate of drug-likeness (QED) is 0.805. The van der Waals surface area contributed by atoms with E-state index in [1.807, 2.05) is 54.6 Å². The van der Waals surface area contributed by atoms with Crippen molar-refractivity contribution in [2.24, 2.45) is 5.92 Å². The number of fused-ring (bicyclic) bond motifs is 1. The van der Waals surface area contributed by atoms with Crippen molar-refractivity contribution in [1.29, 1.82) is 0 Å². The zero-order valence-corrected chi connectivity index (χ0v) is 15.5. The highest BCUT2D eigenvalue weighted by Crippen LogP contribution is 2.35. The van der Waals surface area contributed by atoms with Crippen LogP contribution in [-0.4, -0.2) is 43.3 Å². The molecule has 0 aliphatic carbocycles. The first-order valence-electron chi connectivity index (χ1n) is 8.51. The summed E-state index contributed by atoms with van der Waals surface area (Å²) < 4.78 is 27.1. The first kappa shape index (κ1) is 17.0. The predicted octanol–water partition coefficient (Wildman–Crippen LogP) is 2.99. The van der Waals surface area contributed by atoms with Crippen molar-refractivity contribution in [2.45, 2.75) is 18.3 Å². The number of halogens is 1. The minimum atomic E-state index is -3.25. The lowest BCUT2D eigenvalue weighted by Gasteiger charge is -2.43. The molecule has 2 saturated heterocycles. The van der Waals surface area contributed by atoms with Gasteiger partial charge >= 0.3 is 0 Å². The molecule has 0 bridgehead atoms. The molecule has 2 aliphatic heterocycles. The Labute approximate surface area is 154 Å². The predicted molar refractivity (Wildman–Crippen MR) is 99.8 cm³/mol. The van der Waals surface area contributed by atoms with Gasteiger partial charge in [0.2, 0.25) is 10.0 Å². The van der Waals surface area contributed by atoms with Gasteiger partial charge in [-0.3, -0.25) is 4.90 Å². The van der Waals surface area contributed by atoms with Gasteiger partial charge in [0.1, 0.15) is 0 Å². The SMILES string of the molecule is O=S(=O)(Cc1ccccc1)N1C[C@H]2CN(Cc3ccc(Cl)cc3)[C@@H]2C1. The monoisotopic (exact) mass is 376 g/mol. The maximum absolute atomic E-state index is 12.7. The highest BCUT2D eigenvalue weighted by molar-refractivity contribution is 7.88. The molecule has 25 heavy (non-hydrogen) atoms. The number of sulfonamides is 1. The molecule has 2 aromatic rings. The Hall–Kier alpha value is -1.40. The fourth-order valence-corrected chi connectivity index (χ4v) is 5.54. The molecule has 0 spiro atoms. The van der Waals surface area contributed by atoms with Crippen LogP contribution in [-0.2, 0) is 22.3 Å². The molecule has 2 heterocycles. The summed E-state index contributed by atoms with van der Waals surface area (Å²) in [6.07, 6.45) is 0. The van der Waals surface area contributed by atoms with E-state index in [1.54, 1.807) is 4.31 Å². The second kappa shape index (κ2) is 6.72. The molecule has 2 aliphatic rings. The maximum Gasteiger partial charge on any atom is 0.218 e. The van der Waals surface area contributed by atoms with Gasteiger partial charge in [-0.15, -0.1) is 0 Å². The number of nitrogens with zero attached hydrogens (tertiary/aromatic N) is 2. The molecule has 0 unspecified atom stereocenters. The Balaban J connectivity index is 1.39. The normalized spacial score (nSPS) is 24.0. The van der Waals surface area contributed by atoms with Crippen LogP contribution in [0.2, 0.25) is 5.02 Å². The van der Waals surface area contributed by atoms with Crippen LogP contribution in [0.25, 0.3) is 0 Å². The average Bonchev–Trinajstić information content (AvgIpc) is 2.93. The molecule has 6 heteroatoms. The smallest absolute Gasteiger partial charge is 0.218 e. The lowest BCUT2D eigenvalue weighted by atomic mass is 9.91. The van der Waals surface area contributed by atoms with E-state index >= 15 is 0 Å². The Morgan fingerprint density at radius 3 is 2.36 bits per heavy atom. The van der Waals surface area contributed by atoms with Gasteiger partial charge in [-0.1, -0.05) is 54.1 Å². The van der Waals surface area contributed by atoms with Crippen molar-refractivity contribution in [3.63, 3.8) is 0 Å². The van der Waals surface area contributed by atoms with E-state index in [0.29, 0.717) is 25.0 Å². The molecule has 2 fully saturated rings. The average molecular weight is 377 g/mol. The lowest BCUT2D eigenvalue weighted by molar-refractivity contribution is 0.0435. The summed E-state index contributed by atoms with van der Waals surface area (Å²) in [5.74, 6) is 0.544. The van der Waals surface area contributed by atoms with Gasteiger partial charge in [0.25, 0.3) is 0 Å². The summed E-state index contributed by atoms with van der Waals surface area (Å²) in [4.78, 5) is 2.37. The number of hydrogen-bond donors (Lipinski definition) is 0.